The molecule has 1 saturated heterocycles. The van der Waals surface area contributed by atoms with Crippen LogP contribution >= 0.6 is 11.6 Å². The topological polar surface area (TPSA) is 75.7 Å². The first-order valence-corrected chi connectivity index (χ1v) is 9.49. The molecule has 0 aliphatic carbocycles. The molecule has 2 aromatic carbocycles. The van der Waals surface area contributed by atoms with Crippen LogP contribution in [-0.2, 0) is 25.7 Å². The minimum Gasteiger partial charge on any atom is -0.452 e. The number of amides is 2. The number of carbonyl (C=O) groups is 3. The van der Waals surface area contributed by atoms with Gasteiger partial charge in [-0.1, -0.05) is 29.8 Å². The summed E-state index contributed by atoms with van der Waals surface area (Å²) < 4.78 is 18.2. The summed E-state index contributed by atoms with van der Waals surface area (Å²) in [7, 11) is 0. The average molecular weight is 419 g/mol. The zero-order valence-electron chi connectivity index (χ0n) is 15.7. The van der Waals surface area contributed by atoms with Gasteiger partial charge in [-0.2, -0.15) is 0 Å². The largest absolute Gasteiger partial charge is 0.452 e. The normalized spacial score (nSPS) is 17.1. The standard InChI is InChI=1S/C21H20ClFN2O4/c1-13(20(27)24-17-8-6-16(23)7-9-17)29-21(28)15-10-19(26)25(12-15)11-14-4-2-3-5-18(14)22/h2-9,13,15H,10-12H2,1H3,(H,24,27)/t13-,15+/m0/s1. The van der Waals surface area contributed by atoms with E-state index in [1.165, 1.54) is 31.2 Å². The maximum absolute atomic E-state index is 12.9. The van der Waals surface area contributed by atoms with Crippen molar-refractivity contribution in [2.75, 3.05) is 11.9 Å². The Kier molecular flexibility index (Phi) is 6.49. The van der Waals surface area contributed by atoms with Gasteiger partial charge in [-0.3, -0.25) is 14.4 Å². The van der Waals surface area contributed by atoms with Gasteiger partial charge in [0.05, 0.1) is 5.92 Å². The van der Waals surface area contributed by atoms with Crippen molar-refractivity contribution in [3.63, 3.8) is 0 Å². The molecule has 0 radical (unpaired) electrons. The Bertz CT molecular complexity index is 919. The Labute approximate surface area is 172 Å². The second-order valence-electron chi connectivity index (χ2n) is 6.84. The van der Waals surface area contributed by atoms with E-state index in [9.17, 15) is 18.8 Å². The van der Waals surface area contributed by atoms with Gasteiger partial charge < -0.3 is 15.0 Å². The predicted molar refractivity (Wildman–Crippen MR) is 106 cm³/mol. The van der Waals surface area contributed by atoms with Gasteiger partial charge in [0.25, 0.3) is 5.91 Å². The zero-order chi connectivity index (χ0) is 21.0. The molecule has 0 spiro atoms. The van der Waals surface area contributed by atoms with Crippen molar-refractivity contribution in [2.24, 2.45) is 5.92 Å². The van der Waals surface area contributed by atoms with Crippen molar-refractivity contribution in [1.82, 2.24) is 4.90 Å². The molecule has 2 amide bonds. The van der Waals surface area contributed by atoms with Crippen molar-refractivity contribution in [1.29, 1.82) is 0 Å². The molecule has 0 unspecified atom stereocenters. The Hall–Kier alpha value is -2.93. The Morgan fingerprint density at radius 1 is 1.24 bits per heavy atom. The molecule has 1 N–H and O–H groups in total. The Morgan fingerprint density at radius 2 is 1.93 bits per heavy atom. The van der Waals surface area contributed by atoms with Gasteiger partial charge in [-0.15, -0.1) is 0 Å². The number of esters is 1. The molecule has 3 rings (SSSR count). The highest BCUT2D eigenvalue weighted by atomic mass is 35.5. The van der Waals surface area contributed by atoms with Crippen LogP contribution < -0.4 is 5.32 Å². The first-order valence-electron chi connectivity index (χ1n) is 9.11. The maximum atomic E-state index is 12.9. The molecule has 2 aromatic rings. The van der Waals surface area contributed by atoms with E-state index in [-0.39, 0.29) is 18.9 Å². The van der Waals surface area contributed by atoms with Crippen LogP contribution in [0.4, 0.5) is 10.1 Å². The first kappa shape index (κ1) is 20.8. The smallest absolute Gasteiger partial charge is 0.312 e. The lowest BCUT2D eigenvalue weighted by molar-refractivity contribution is -0.157. The number of hydrogen-bond donors (Lipinski definition) is 1. The number of carbonyl (C=O) groups excluding carboxylic acids is 3. The summed E-state index contributed by atoms with van der Waals surface area (Å²) in [5.41, 5.74) is 1.19. The number of halogens is 2. The predicted octanol–water partition coefficient (Wildman–Crippen LogP) is 3.40. The van der Waals surface area contributed by atoms with Crippen LogP contribution in [0.2, 0.25) is 5.02 Å². The minimum atomic E-state index is -1.06. The van der Waals surface area contributed by atoms with Gasteiger partial charge in [0.15, 0.2) is 6.10 Å². The lowest BCUT2D eigenvalue weighted by Gasteiger charge is -2.18. The number of rotatable bonds is 6. The van der Waals surface area contributed by atoms with E-state index < -0.39 is 29.7 Å². The zero-order valence-corrected chi connectivity index (χ0v) is 16.5. The second-order valence-corrected chi connectivity index (χ2v) is 7.25. The van der Waals surface area contributed by atoms with Gasteiger partial charge in [-0.05, 0) is 42.8 Å². The number of ether oxygens (including phenoxy) is 1. The van der Waals surface area contributed by atoms with Crippen LogP contribution in [0.3, 0.4) is 0 Å². The second kappa shape index (κ2) is 9.05. The molecule has 0 bridgehead atoms. The fourth-order valence-electron chi connectivity index (χ4n) is 3.02. The van der Waals surface area contributed by atoms with Crippen molar-refractivity contribution < 1.29 is 23.5 Å². The van der Waals surface area contributed by atoms with E-state index in [0.29, 0.717) is 17.3 Å². The van der Waals surface area contributed by atoms with Crippen molar-refractivity contribution in [3.8, 4) is 0 Å². The third-order valence-corrected chi connectivity index (χ3v) is 5.01. The number of likely N-dealkylation sites (tertiary alicyclic amines) is 1. The summed E-state index contributed by atoms with van der Waals surface area (Å²) in [6.45, 7) is 1.95. The molecular formula is C21H20ClFN2O4. The highest BCUT2D eigenvalue weighted by Crippen LogP contribution is 2.24. The van der Waals surface area contributed by atoms with E-state index >= 15 is 0 Å². The average Bonchev–Trinajstić information content (AvgIpc) is 3.06. The quantitative estimate of drug-likeness (QED) is 0.729. The maximum Gasteiger partial charge on any atom is 0.312 e. The Balaban J connectivity index is 1.53. The van der Waals surface area contributed by atoms with Crippen LogP contribution in [0.15, 0.2) is 48.5 Å². The number of nitrogens with one attached hydrogen (secondary N) is 1. The van der Waals surface area contributed by atoms with E-state index in [4.69, 9.17) is 16.3 Å². The summed E-state index contributed by atoms with van der Waals surface area (Å²) in [4.78, 5) is 38.4. The van der Waals surface area contributed by atoms with Crippen molar-refractivity contribution in [3.05, 3.63) is 64.9 Å². The Morgan fingerprint density at radius 3 is 2.62 bits per heavy atom. The van der Waals surface area contributed by atoms with E-state index in [2.05, 4.69) is 5.32 Å². The molecule has 1 aliphatic heterocycles. The van der Waals surface area contributed by atoms with Gasteiger partial charge in [-0.25, -0.2) is 4.39 Å². The molecule has 2 atom stereocenters. The van der Waals surface area contributed by atoms with Crippen LogP contribution in [-0.4, -0.2) is 35.3 Å². The highest BCUT2D eigenvalue weighted by Gasteiger charge is 2.36. The molecule has 29 heavy (non-hydrogen) atoms. The highest BCUT2D eigenvalue weighted by molar-refractivity contribution is 6.31. The SMILES string of the molecule is C[C@H](OC(=O)[C@@H]1CC(=O)N(Cc2ccccc2Cl)C1)C(=O)Nc1ccc(F)cc1. The number of benzene rings is 2. The van der Waals surface area contributed by atoms with E-state index in [0.717, 1.165) is 5.56 Å². The third kappa shape index (κ3) is 5.32. The fraction of sp³-hybridized carbons (Fsp3) is 0.286. The van der Waals surface area contributed by atoms with Gasteiger partial charge >= 0.3 is 5.97 Å². The van der Waals surface area contributed by atoms with E-state index in [1.54, 1.807) is 17.0 Å². The van der Waals surface area contributed by atoms with Crippen molar-refractivity contribution >= 4 is 35.1 Å². The van der Waals surface area contributed by atoms with Gasteiger partial charge in [0.1, 0.15) is 5.82 Å². The monoisotopic (exact) mass is 418 g/mol. The first-order chi connectivity index (χ1) is 13.8. The molecule has 152 valence electrons. The molecular weight excluding hydrogens is 399 g/mol. The molecule has 1 fully saturated rings. The van der Waals surface area contributed by atoms with Crippen LogP contribution in [0, 0.1) is 11.7 Å². The van der Waals surface area contributed by atoms with Gasteiger partial charge in [0.2, 0.25) is 5.91 Å². The number of hydrogen-bond acceptors (Lipinski definition) is 4. The molecule has 0 saturated carbocycles. The third-order valence-electron chi connectivity index (χ3n) is 4.64. The summed E-state index contributed by atoms with van der Waals surface area (Å²) in [5, 5.41) is 3.10. The lowest BCUT2D eigenvalue weighted by Crippen LogP contribution is -2.33. The van der Waals surface area contributed by atoms with Crippen LogP contribution in [0.1, 0.15) is 18.9 Å². The summed E-state index contributed by atoms with van der Waals surface area (Å²) in [6.07, 6.45) is -1.03. The van der Waals surface area contributed by atoms with E-state index in [1.807, 2.05) is 12.1 Å². The molecule has 6 nitrogen and oxygen atoms in total. The molecule has 8 heteroatoms. The lowest BCUT2D eigenvalue weighted by atomic mass is 10.1. The fourth-order valence-corrected chi connectivity index (χ4v) is 3.21. The molecule has 1 heterocycles. The summed E-state index contributed by atoms with van der Waals surface area (Å²) in [6, 6.07) is 12.4. The van der Waals surface area contributed by atoms with Crippen LogP contribution in [0.5, 0.6) is 0 Å². The van der Waals surface area contributed by atoms with Crippen molar-refractivity contribution in [2.45, 2.75) is 26.0 Å². The number of anilines is 1. The molecule has 0 aromatic heterocycles. The number of nitrogens with zero attached hydrogens (tertiary/aromatic N) is 1. The van der Waals surface area contributed by atoms with Gasteiger partial charge in [0, 0.05) is 30.2 Å². The summed E-state index contributed by atoms with van der Waals surface area (Å²) in [5.74, 6) is -2.39. The van der Waals surface area contributed by atoms with Crippen LogP contribution in [0.25, 0.3) is 0 Å². The summed E-state index contributed by atoms with van der Waals surface area (Å²) >= 11 is 6.13. The molecule has 1 aliphatic rings. The minimum absolute atomic E-state index is 0.0234.